The van der Waals surface area contributed by atoms with E-state index in [0.717, 1.165) is 5.92 Å². The van der Waals surface area contributed by atoms with Crippen LogP contribution in [0, 0.1) is 5.92 Å². The molecule has 0 N–H and O–H groups in total. The minimum Gasteiger partial charge on any atom is -0.412 e. The number of halogens is 1. The molecular weight excluding hydrogens is 279 g/mol. The minimum atomic E-state index is -0.348. The van der Waals surface area contributed by atoms with E-state index in [0.29, 0.717) is 9.15 Å². The molecule has 0 saturated heterocycles. The van der Waals surface area contributed by atoms with Crippen molar-refractivity contribution in [1.82, 2.24) is 0 Å². The summed E-state index contributed by atoms with van der Waals surface area (Å²) >= 11 is 2.41. The maximum Gasteiger partial charge on any atom is 0.168 e. The Kier molecular flexibility index (Phi) is 6.02. The van der Waals surface area contributed by atoms with Gasteiger partial charge in [-0.25, -0.2) is 0 Å². The molecule has 0 amide bonds. The van der Waals surface area contributed by atoms with Crippen molar-refractivity contribution in [2.24, 2.45) is 5.92 Å². The summed E-state index contributed by atoms with van der Waals surface area (Å²) in [5.74, 6) is 0.751. The lowest BCUT2D eigenvalue weighted by molar-refractivity contribution is 0.274. The molecule has 0 radical (unpaired) electrons. The largest absolute Gasteiger partial charge is 0.412 e. The topological polar surface area (TPSA) is 9.23 Å². The molecule has 0 rings (SSSR count). The fraction of sp³-hybridized carbons (Fsp3) is 1.00. The third kappa shape index (κ3) is 9.00. The molecule has 74 valence electrons. The number of alkyl halides is 1. The van der Waals surface area contributed by atoms with Gasteiger partial charge in [0.1, 0.15) is 0 Å². The van der Waals surface area contributed by atoms with Gasteiger partial charge >= 0.3 is 0 Å². The zero-order valence-electron chi connectivity index (χ0n) is 8.86. The van der Waals surface area contributed by atoms with Crippen molar-refractivity contribution in [3.8, 4) is 0 Å². The van der Waals surface area contributed by atoms with Crippen molar-refractivity contribution in [3.05, 3.63) is 0 Å². The van der Waals surface area contributed by atoms with Crippen LogP contribution in [0.25, 0.3) is 0 Å². The molecule has 1 atom stereocenters. The van der Waals surface area contributed by atoms with Gasteiger partial charge in [0, 0.05) is 0 Å². The second-order valence-corrected chi connectivity index (χ2v) is 9.04. The Morgan fingerprint density at radius 1 is 1.33 bits per heavy atom. The summed E-state index contributed by atoms with van der Waals surface area (Å²) in [6, 6.07) is 0. The van der Waals surface area contributed by atoms with Crippen LogP contribution in [0.1, 0.15) is 41.0 Å². The van der Waals surface area contributed by atoms with Gasteiger partial charge < -0.3 is 4.43 Å². The van der Waals surface area contributed by atoms with Gasteiger partial charge in [0.2, 0.25) is 0 Å². The molecule has 0 aromatic carbocycles. The van der Waals surface area contributed by atoms with Crippen molar-refractivity contribution in [3.63, 3.8) is 0 Å². The van der Waals surface area contributed by atoms with E-state index in [-0.39, 0.29) is 9.76 Å². The summed E-state index contributed by atoms with van der Waals surface area (Å²) in [4.78, 5) is 0. The molecular formula is C9H21IOSi. The van der Waals surface area contributed by atoms with E-state index >= 15 is 0 Å². The average Bonchev–Trinajstić information content (AvgIpc) is 1.80. The van der Waals surface area contributed by atoms with Crippen LogP contribution < -0.4 is 0 Å². The van der Waals surface area contributed by atoms with Crippen LogP contribution in [-0.4, -0.2) is 13.9 Å². The lowest BCUT2D eigenvalue weighted by Gasteiger charge is -2.21. The zero-order chi connectivity index (χ0) is 9.78. The third-order valence-corrected chi connectivity index (χ3v) is 4.34. The first-order valence-electron chi connectivity index (χ1n) is 4.57. The van der Waals surface area contributed by atoms with Crippen molar-refractivity contribution >= 4 is 32.4 Å². The Balaban J connectivity index is 3.51. The quantitative estimate of drug-likeness (QED) is 0.440. The smallest absolute Gasteiger partial charge is 0.168 e. The highest BCUT2D eigenvalue weighted by Crippen LogP contribution is 2.23. The monoisotopic (exact) mass is 300 g/mol. The molecule has 0 bridgehead atoms. The second kappa shape index (κ2) is 5.60. The van der Waals surface area contributed by atoms with Gasteiger partial charge in [-0.2, -0.15) is 0 Å². The van der Waals surface area contributed by atoms with Crippen molar-refractivity contribution in [2.45, 2.75) is 50.2 Å². The van der Waals surface area contributed by atoms with Gasteiger partial charge in [0.15, 0.2) is 9.76 Å². The van der Waals surface area contributed by atoms with E-state index in [4.69, 9.17) is 4.43 Å². The maximum absolute atomic E-state index is 5.84. The normalized spacial score (nSPS) is 16.2. The highest BCUT2D eigenvalue weighted by Gasteiger charge is 2.15. The molecule has 0 heterocycles. The predicted molar refractivity (Wildman–Crippen MR) is 66.6 cm³/mol. The molecule has 0 aliphatic carbocycles. The van der Waals surface area contributed by atoms with Crippen LogP contribution in [0.5, 0.6) is 0 Å². The molecule has 12 heavy (non-hydrogen) atoms. The van der Waals surface area contributed by atoms with Crippen molar-refractivity contribution < 1.29 is 4.43 Å². The number of hydrogen-bond donors (Lipinski definition) is 0. The van der Waals surface area contributed by atoms with Gasteiger partial charge in [0.25, 0.3) is 0 Å². The van der Waals surface area contributed by atoms with Crippen LogP contribution in [0.2, 0.25) is 5.04 Å². The van der Waals surface area contributed by atoms with Crippen LogP contribution in [-0.2, 0) is 4.43 Å². The molecule has 0 aliphatic heterocycles. The van der Waals surface area contributed by atoms with Gasteiger partial charge in [0.05, 0.1) is 4.11 Å². The summed E-state index contributed by atoms with van der Waals surface area (Å²) < 4.78 is 6.28. The molecule has 0 saturated carbocycles. The average molecular weight is 300 g/mol. The predicted octanol–water partition coefficient (Wildman–Crippen LogP) is 3.11. The van der Waals surface area contributed by atoms with E-state index in [1.165, 1.54) is 6.42 Å². The van der Waals surface area contributed by atoms with Crippen LogP contribution in [0.15, 0.2) is 0 Å². The molecule has 0 aromatic heterocycles. The summed E-state index contributed by atoms with van der Waals surface area (Å²) in [7, 11) is -0.348. The van der Waals surface area contributed by atoms with Crippen LogP contribution in [0.3, 0.4) is 0 Å². The Morgan fingerprint density at radius 2 is 1.83 bits per heavy atom. The van der Waals surface area contributed by atoms with Crippen molar-refractivity contribution in [1.29, 1.82) is 0 Å². The molecule has 1 unspecified atom stereocenters. The first kappa shape index (κ1) is 12.9. The molecule has 0 spiro atoms. The molecule has 0 aliphatic rings. The lowest BCUT2D eigenvalue weighted by Crippen LogP contribution is -2.18. The maximum atomic E-state index is 5.84. The van der Waals surface area contributed by atoms with Crippen molar-refractivity contribution in [2.75, 3.05) is 0 Å². The lowest BCUT2D eigenvalue weighted by atomic mass is 10.1. The Bertz CT molecular complexity index is 120. The Hall–Kier alpha value is 0.907. The Labute approximate surface area is 92.7 Å². The zero-order valence-corrected chi connectivity index (χ0v) is 12.4. The van der Waals surface area contributed by atoms with Gasteiger partial charge in [-0.05, 0) is 17.4 Å². The minimum absolute atomic E-state index is 0.348. The van der Waals surface area contributed by atoms with E-state index in [1.807, 2.05) is 0 Å². The van der Waals surface area contributed by atoms with Crippen LogP contribution in [0.4, 0.5) is 0 Å². The first-order valence-corrected chi connectivity index (χ1v) is 7.10. The number of hydrogen-bond acceptors (Lipinski definition) is 1. The fourth-order valence-corrected chi connectivity index (χ4v) is 3.15. The highest BCUT2D eigenvalue weighted by atomic mass is 127. The summed E-state index contributed by atoms with van der Waals surface area (Å²) in [6.45, 7) is 11.3. The fourth-order valence-electron chi connectivity index (χ4n) is 0.779. The van der Waals surface area contributed by atoms with Gasteiger partial charge in [-0.15, -0.1) is 0 Å². The highest BCUT2D eigenvalue weighted by molar-refractivity contribution is 14.1. The summed E-state index contributed by atoms with van der Waals surface area (Å²) in [5.41, 5.74) is 0. The third-order valence-electron chi connectivity index (χ3n) is 1.35. The standard InChI is InChI=1S/C9H21IOSi/c1-7(2)6-8(10)11-12-9(3,4)5/h7-8H,6,12H2,1-5H3. The number of rotatable bonds is 4. The summed E-state index contributed by atoms with van der Waals surface area (Å²) in [6.07, 6.45) is 1.18. The van der Waals surface area contributed by atoms with Gasteiger partial charge in [-0.1, -0.05) is 57.2 Å². The van der Waals surface area contributed by atoms with Gasteiger partial charge in [-0.3, -0.25) is 0 Å². The molecule has 0 aromatic rings. The second-order valence-electron chi connectivity index (χ2n) is 4.91. The van der Waals surface area contributed by atoms with E-state index in [9.17, 15) is 0 Å². The van der Waals surface area contributed by atoms with E-state index in [1.54, 1.807) is 0 Å². The van der Waals surface area contributed by atoms with Crippen LogP contribution >= 0.6 is 22.6 Å². The summed E-state index contributed by atoms with van der Waals surface area (Å²) in [5, 5.41) is 0.431. The molecule has 3 heteroatoms. The molecule has 1 nitrogen and oxygen atoms in total. The van der Waals surface area contributed by atoms with E-state index < -0.39 is 0 Å². The first-order chi connectivity index (χ1) is 5.31. The Morgan fingerprint density at radius 3 is 2.17 bits per heavy atom. The van der Waals surface area contributed by atoms with E-state index in [2.05, 4.69) is 57.2 Å². The SMILES string of the molecule is CC(C)CC(I)O[SiH2]C(C)(C)C. The molecule has 0 fully saturated rings.